The molecule has 0 saturated carbocycles. The Bertz CT molecular complexity index is 933. The van der Waals surface area contributed by atoms with Gasteiger partial charge >= 0.3 is 0 Å². The molecule has 140 valence electrons. The first kappa shape index (κ1) is 18.6. The molecule has 1 N–H and O–H groups in total. The minimum atomic E-state index is -0.633. The van der Waals surface area contributed by atoms with Crippen LogP contribution in [0.5, 0.6) is 17.2 Å². The second kappa shape index (κ2) is 8.45. The summed E-state index contributed by atoms with van der Waals surface area (Å²) < 4.78 is 16.6. The first-order chi connectivity index (χ1) is 13.2. The summed E-state index contributed by atoms with van der Waals surface area (Å²) in [7, 11) is 3.13. The van der Waals surface area contributed by atoms with Crippen molar-refractivity contribution in [2.75, 3.05) is 19.5 Å². The Hall–Kier alpha value is -3.21. The van der Waals surface area contributed by atoms with Crippen LogP contribution in [0.2, 0.25) is 0 Å². The van der Waals surface area contributed by atoms with Crippen LogP contribution in [0.25, 0.3) is 10.8 Å². The Labute approximate surface area is 158 Å². The number of rotatable bonds is 7. The molecule has 0 radical (unpaired) electrons. The number of ether oxygens (including phenoxy) is 3. The van der Waals surface area contributed by atoms with E-state index in [2.05, 4.69) is 5.32 Å². The average molecular weight is 365 g/mol. The van der Waals surface area contributed by atoms with E-state index in [1.165, 1.54) is 0 Å². The fourth-order valence-electron chi connectivity index (χ4n) is 2.90. The zero-order valence-electron chi connectivity index (χ0n) is 15.7. The zero-order chi connectivity index (χ0) is 19.2. The normalized spacial score (nSPS) is 11.7. The second-order valence-corrected chi connectivity index (χ2v) is 6.05. The van der Waals surface area contributed by atoms with Crippen molar-refractivity contribution in [1.82, 2.24) is 0 Å². The number of anilines is 1. The van der Waals surface area contributed by atoms with Crippen molar-refractivity contribution in [3.63, 3.8) is 0 Å². The molecular weight excluding hydrogens is 342 g/mol. The van der Waals surface area contributed by atoms with Gasteiger partial charge in [-0.05, 0) is 30.0 Å². The Balaban J connectivity index is 1.82. The molecule has 1 amide bonds. The van der Waals surface area contributed by atoms with Crippen LogP contribution < -0.4 is 19.5 Å². The van der Waals surface area contributed by atoms with Crippen molar-refractivity contribution in [2.45, 2.75) is 19.4 Å². The number of amides is 1. The molecule has 1 atom stereocenters. The summed E-state index contributed by atoms with van der Waals surface area (Å²) in [5.74, 6) is 1.64. The summed E-state index contributed by atoms with van der Waals surface area (Å²) in [6.07, 6.45) is -0.104. The maximum atomic E-state index is 12.8. The molecule has 27 heavy (non-hydrogen) atoms. The SMILES string of the molecule is CC[C@@H](Oc1cccc2ccccc12)C(=O)Nc1cc(OC)ccc1OC. The van der Waals surface area contributed by atoms with Gasteiger partial charge in [-0.3, -0.25) is 4.79 Å². The third kappa shape index (κ3) is 4.14. The van der Waals surface area contributed by atoms with Crippen LogP contribution in [0.4, 0.5) is 5.69 Å². The smallest absolute Gasteiger partial charge is 0.265 e. The monoisotopic (exact) mass is 365 g/mol. The lowest BCUT2D eigenvalue weighted by molar-refractivity contribution is -0.122. The van der Waals surface area contributed by atoms with Crippen LogP contribution in [0, 0.1) is 0 Å². The number of hydrogen-bond acceptors (Lipinski definition) is 4. The fraction of sp³-hybridized carbons (Fsp3) is 0.227. The van der Waals surface area contributed by atoms with Crippen molar-refractivity contribution >= 4 is 22.4 Å². The second-order valence-electron chi connectivity index (χ2n) is 6.05. The molecule has 0 bridgehead atoms. The molecule has 0 fully saturated rings. The molecule has 0 saturated heterocycles. The van der Waals surface area contributed by atoms with Crippen LogP contribution in [0.15, 0.2) is 60.7 Å². The molecule has 0 heterocycles. The molecule has 0 aliphatic carbocycles. The van der Waals surface area contributed by atoms with Crippen molar-refractivity contribution < 1.29 is 19.0 Å². The molecule has 3 aromatic carbocycles. The molecule has 5 nitrogen and oxygen atoms in total. The third-order valence-electron chi connectivity index (χ3n) is 4.35. The maximum absolute atomic E-state index is 12.8. The van der Waals surface area contributed by atoms with E-state index < -0.39 is 6.10 Å². The van der Waals surface area contributed by atoms with Gasteiger partial charge in [-0.15, -0.1) is 0 Å². The largest absolute Gasteiger partial charge is 0.497 e. The number of methoxy groups -OCH3 is 2. The summed E-state index contributed by atoms with van der Waals surface area (Å²) in [4.78, 5) is 12.8. The molecule has 0 spiro atoms. The summed E-state index contributed by atoms with van der Waals surface area (Å²) in [5.41, 5.74) is 0.543. The van der Waals surface area contributed by atoms with Gasteiger partial charge in [0.15, 0.2) is 6.10 Å². The lowest BCUT2D eigenvalue weighted by Crippen LogP contribution is -2.32. The van der Waals surface area contributed by atoms with E-state index in [1.54, 1.807) is 32.4 Å². The number of hydrogen-bond donors (Lipinski definition) is 1. The van der Waals surface area contributed by atoms with Gasteiger partial charge in [0.05, 0.1) is 19.9 Å². The highest BCUT2D eigenvalue weighted by Gasteiger charge is 2.21. The number of benzene rings is 3. The number of fused-ring (bicyclic) bond motifs is 1. The summed E-state index contributed by atoms with van der Waals surface area (Å²) in [5, 5.41) is 4.93. The van der Waals surface area contributed by atoms with Gasteiger partial charge in [-0.1, -0.05) is 43.3 Å². The van der Waals surface area contributed by atoms with E-state index in [0.29, 0.717) is 29.4 Å². The van der Waals surface area contributed by atoms with Gasteiger partial charge in [0.1, 0.15) is 17.2 Å². The molecule has 0 aromatic heterocycles. The minimum absolute atomic E-state index is 0.239. The Morgan fingerprint density at radius 3 is 2.48 bits per heavy atom. The Kier molecular flexibility index (Phi) is 5.81. The lowest BCUT2D eigenvalue weighted by Gasteiger charge is -2.19. The van der Waals surface area contributed by atoms with E-state index in [9.17, 15) is 4.79 Å². The molecule has 5 heteroatoms. The molecular formula is C22H23NO4. The summed E-state index contributed by atoms with van der Waals surface area (Å²) in [6, 6.07) is 19.0. The highest BCUT2D eigenvalue weighted by atomic mass is 16.5. The van der Waals surface area contributed by atoms with Gasteiger partial charge < -0.3 is 19.5 Å². The topological polar surface area (TPSA) is 56.8 Å². The number of nitrogens with one attached hydrogen (secondary N) is 1. The molecule has 0 aliphatic rings. The van der Waals surface area contributed by atoms with Gasteiger partial charge in [-0.25, -0.2) is 0 Å². The lowest BCUT2D eigenvalue weighted by atomic mass is 10.1. The van der Waals surface area contributed by atoms with Crippen molar-refractivity contribution in [3.05, 3.63) is 60.7 Å². The third-order valence-corrected chi connectivity index (χ3v) is 4.35. The van der Waals surface area contributed by atoms with E-state index >= 15 is 0 Å². The van der Waals surface area contributed by atoms with Gasteiger partial charge in [0.25, 0.3) is 5.91 Å². The molecule has 3 aromatic rings. The standard InChI is InChI=1S/C22H23NO4/c1-4-19(27-20-11-7-9-15-8-5-6-10-17(15)20)22(24)23-18-14-16(25-2)12-13-21(18)26-3/h5-14,19H,4H2,1-3H3,(H,23,24)/t19-/m1/s1. The van der Waals surface area contributed by atoms with Crippen LogP contribution in [-0.4, -0.2) is 26.2 Å². The van der Waals surface area contributed by atoms with Crippen LogP contribution in [0.1, 0.15) is 13.3 Å². The van der Waals surface area contributed by atoms with Crippen molar-refractivity contribution in [2.24, 2.45) is 0 Å². The van der Waals surface area contributed by atoms with Crippen LogP contribution >= 0.6 is 0 Å². The number of carbonyl (C=O) groups is 1. The first-order valence-corrected chi connectivity index (χ1v) is 8.83. The van der Waals surface area contributed by atoms with E-state index in [-0.39, 0.29) is 5.91 Å². The molecule has 0 unspecified atom stereocenters. The molecule has 3 rings (SSSR count). The Morgan fingerprint density at radius 1 is 0.963 bits per heavy atom. The van der Waals surface area contributed by atoms with Crippen LogP contribution in [-0.2, 0) is 4.79 Å². The zero-order valence-corrected chi connectivity index (χ0v) is 15.7. The van der Waals surface area contributed by atoms with Gasteiger partial charge in [0, 0.05) is 11.5 Å². The van der Waals surface area contributed by atoms with Crippen LogP contribution in [0.3, 0.4) is 0 Å². The Morgan fingerprint density at radius 2 is 1.74 bits per heavy atom. The van der Waals surface area contributed by atoms with Gasteiger partial charge in [0.2, 0.25) is 0 Å². The van der Waals surface area contributed by atoms with E-state index in [0.717, 1.165) is 10.8 Å². The highest BCUT2D eigenvalue weighted by Crippen LogP contribution is 2.30. The van der Waals surface area contributed by atoms with Crippen molar-refractivity contribution in [1.29, 1.82) is 0 Å². The predicted octanol–water partition coefficient (Wildman–Crippen LogP) is 4.65. The van der Waals surface area contributed by atoms with E-state index in [1.807, 2.05) is 49.4 Å². The van der Waals surface area contributed by atoms with Gasteiger partial charge in [-0.2, -0.15) is 0 Å². The summed E-state index contributed by atoms with van der Waals surface area (Å²) in [6.45, 7) is 1.91. The minimum Gasteiger partial charge on any atom is -0.497 e. The number of carbonyl (C=O) groups excluding carboxylic acids is 1. The summed E-state index contributed by atoms with van der Waals surface area (Å²) >= 11 is 0. The highest BCUT2D eigenvalue weighted by molar-refractivity contribution is 5.96. The van der Waals surface area contributed by atoms with Crippen molar-refractivity contribution in [3.8, 4) is 17.2 Å². The predicted molar refractivity (Wildman–Crippen MR) is 107 cm³/mol. The van der Waals surface area contributed by atoms with E-state index in [4.69, 9.17) is 14.2 Å². The fourth-order valence-corrected chi connectivity index (χ4v) is 2.90. The average Bonchev–Trinajstić information content (AvgIpc) is 2.71. The maximum Gasteiger partial charge on any atom is 0.265 e. The molecule has 0 aliphatic heterocycles. The first-order valence-electron chi connectivity index (χ1n) is 8.83. The quantitative estimate of drug-likeness (QED) is 0.662.